The number of aryl methyl sites for hydroxylation is 1. The number of anilines is 1. The minimum absolute atomic E-state index is 0.719. The van der Waals surface area contributed by atoms with Crippen molar-refractivity contribution in [2.24, 2.45) is 0 Å². The molecule has 0 radical (unpaired) electrons. The fourth-order valence-corrected chi connectivity index (χ4v) is 2.45. The van der Waals surface area contributed by atoms with E-state index in [2.05, 4.69) is 27.3 Å². The van der Waals surface area contributed by atoms with Crippen molar-refractivity contribution in [3.05, 3.63) is 41.3 Å². The van der Waals surface area contributed by atoms with Crippen molar-refractivity contribution in [2.45, 2.75) is 26.7 Å². The highest BCUT2D eigenvalue weighted by atomic mass is 35.5. The van der Waals surface area contributed by atoms with Gasteiger partial charge in [-0.1, -0.05) is 31.0 Å². The quantitative estimate of drug-likeness (QED) is 0.723. The third-order valence-electron chi connectivity index (χ3n) is 3.59. The number of nitrogens with zero attached hydrogens (tertiary/aromatic N) is 4. The Hall–Kier alpha value is -2.14. The average molecular weight is 316 g/mol. The maximum absolute atomic E-state index is 6.21. The first kappa shape index (κ1) is 14.8. The van der Waals surface area contributed by atoms with Gasteiger partial charge >= 0.3 is 0 Å². The standard InChI is InChI=1S/C16H18ClN5/c1-3-4-7-18-15-13-9-21-22(16(13)20-10-19-15)12-6-5-11(2)14(17)8-12/h5-6,8-10H,3-4,7H2,1-2H3,(H,18,19,20). The summed E-state index contributed by atoms with van der Waals surface area (Å²) in [6.07, 6.45) is 5.59. The van der Waals surface area contributed by atoms with Crippen LogP contribution in [0.5, 0.6) is 0 Å². The predicted molar refractivity (Wildman–Crippen MR) is 89.8 cm³/mol. The third-order valence-corrected chi connectivity index (χ3v) is 4.00. The molecule has 3 rings (SSSR count). The molecule has 0 amide bonds. The van der Waals surface area contributed by atoms with E-state index in [4.69, 9.17) is 11.6 Å². The van der Waals surface area contributed by atoms with Gasteiger partial charge in [0, 0.05) is 11.6 Å². The Labute approximate surface area is 134 Å². The van der Waals surface area contributed by atoms with Crippen LogP contribution in [0.15, 0.2) is 30.7 Å². The van der Waals surface area contributed by atoms with Gasteiger partial charge in [-0.05, 0) is 31.0 Å². The molecule has 1 aromatic carbocycles. The molecule has 0 aliphatic heterocycles. The summed E-state index contributed by atoms with van der Waals surface area (Å²) in [5.74, 6) is 0.822. The molecule has 6 heteroatoms. The minimum Gasteiger partial charge on any atom is -0.369 e. The van der Waals surface area contributed by atoms with Gasteiger partial charge in [-0.3, -0.25) is 0 Å². The summed E-state index contributed by atoms with van der Waals surface area (Å²) in [5, 5.41) is 9.42. The molecule has 0 bridgehead atoms. The molecule has 0 spiro atoms. The molecular weight excluding hydrogens is 298 g/mol. The topological polar surface area (TPSA) is 55.6 Å². The normalized spacial score (nSPS) is 11.0. The zero-order valence-corrected chi connectivity index (χ0v) is 13.4. The van der Waals surface area contributed by atoms with E-state index in [9.17, 15) is 0 Å². The zero-order valence-electron chi connectivity index (χ0n) is 12.7. The lowest BCUT2D eigenvalue weighted by molar-refractivity contribution is 0.831. The van der Waals surface area contributed by atoms with Crippen molar-refractivity contribution in [1.82, 2.24) is 19.7 Å². The molecule has 0 saturated heterocycles. The Morgan fingerprint density at radius 1 is 1.27 bits per heavy atom. The number of rotatable bonds is 5. The Morgan fingerprint density at radius 3 is 2.91 bits per heavy atom. The fraction of sp³-hybridized carbons (Fsp3) is 0.312. The molecule has 0 saturated carbocycles. The Bertz CT molecular complexity index is 796. The van der Waals surface area contributed by atoms with Gasteiger partial charge in [-0.15, -0.1) is 0 Å². The second kappa shape index (κ2) is 6.32. The molecule has 114 valence electrons. The Balaban J connectivity index is 2.01. The first-order valence-electron chi connectivity index (χ1n) is 7.40. The number of hydrogen-bond donors (Lipinski definition) is 1. The summed E-state index contributed by atoms with van der Waals surface area (Å²) in [4.78, 5) is 8.68. The lowest BCUT2D eigenvalue weighted by Crippen LogP contribution is -2.04. The van der Waals surface area contributed by atoms with Crippen molar-refractivity contribution in [1.29, 1.82) is 0 Å². The fourth-order valence-electron chi connectivity index (χ4n) is 2.27. The summed E-state index contributed by atoms with van der Waals surface area (Å²) >= 11 is 6.21. The van der Waals surface area contributed by atoms with E-state index in [0.717, 1.165) is 52.5 Å². The van der Waals surface area contributed by atoms with Crippen LogP contribution in [0.4, 0.5) is 5.82 Å². The van der Waals surface area contributed by atoms with E-state index in [0.29, 0.717) is 0 Å². The monoisotopic (exact) mass is 315 g/mol. The molecule has 22 heavy (non-hydrogen) atoms. The number of benzene rings is 1. The van der Waals surface area contributed by atoms with Crippen LogP contribution >= 0.6 is 11.6 Å². The highest BCUT2D eigenvalue weighted by Gasteiger charge is 2.11. The number of unbranched alkanes of at least 4 members (excludes halogenated alkanes) is 1. The smallest absolute Gasteiger partial charge is 0.168 e. The van der Waals surface area contributed by atoms with Gasteiger partial charge in [0.1, 0.15) is 12.1 Å². The molecule has 0 aliphatic carbocycles. The van der Waals surface area contributed by atoms with Crippen LogP contribution in [0, 0.1) is 6.92 Å². The lowest BCUT2D eigenvalue weighted by atomic mass is 10.2. The van der Waals surface area contributed by atoms with Gasteiger partial charge in [0.25, 0.3) is 0 Å². The number of nitrogens with one attached hydrogen (secondary N) is 1. The van der Waals surface area contributed by atoms with Crippen molar-refractivity contribution in [3.63, 3.8) is 0 Å². The second-order valence-electron chi connectivity index (χ2n) is 5.23. The molecule has 2 heterocycles. The van der Waals surface area contributed by atoms with Crippen LogP contribution < -0.4 is 5.32 Å². The summed E-state index contributed by atoms with van der Waals surface area (Å²) in [7, 11) is 0. The van der Waals surface area contributed by atoms with Crippen LogP contribution in [0.25, 0.3) is 16.7 Å². The largest absolute Gasteiger partial charge is 0.369 e. The summed E-state index contributed by atoms with van der Waals surface area (Å²) in [5.41, 5.74) is 2.70. The van der Waals surface area contributed by atoms with E-state index >= 15 is 0 Å². The van der Waals surface area contributed by atoms with Crippen LogP contribution in [0.1, 0.15) is 25.3 Å². The zero-order chi connectivity index (χ0) is 15.5. The first-order valence-corrected chi connectivity index (χ1v) is 7.77. The number of halogens is 1. The molecular formula is C16H18ClN5. The average Bonchev–Trinajstić information content (AvgIpc) is 2.95. The summed E-state index contributed by atoms with van der Waals surface area (Å²) in [6.45, 7) is 5.03. The van der Waals surface area contributed by atoms with Crippen LogP contribution in [0.3, 0.4) is 0 Å². The van der Waals surface area contributed by atoms with Gasteiger partial charge in [0.05, 0.1) is 17.3 Å². The van der Waals surface area contributed by atoms with E-state index < -0.39 is 0 Å². The molecule has 0 aliphatic rings. The van der Waals surface area contributed by atoms with Gasteiger partial charge in [0.15, 0.2) is 5.65 Å². The molecule has 5 nitrogen and oxygen atoms in total. The molecule has 1 N–H and O–H groups in total. The van der Waals surface area contributed by atoms with Gasteiger partial charge in [-0.2, -0.15) is 5.10 Å². The predicted octanol–water partition coefficient (Wildman–Crippen LogP) is 3.99. The number of aromatic nitrogens is 4. The van der Waals surface area contributed by atoms with Gasteiger partial charge in [-0.25, -0.2) is 14.6 Å². The van der Waals surface area contributed by atoms with Crippen molar-refractivity contribution < 1.29 is 0 Å². The van der Waals surface area contributed by atoms with E-state index in [1.165, 1.54) is 0 Å². The maximum Gasteiger partial charge on any atom is 0.168 e. The Morgan fingerprint density at radius 2 is 2.14 bits per heavy atom. The van der Waals surface area contributed by atoms with Crippen molar-refractivity contribution in [3.8, 4) is 5.69 Å². The maximum atomic E-state index is 6.21. The summed E-state index contributed by atoms with van der Waals surface area (Å²) in [6, 6.07) is 5.86. The van der Waals surface area contributed by atoms with Crippen LogP contribution in [-0.2, 0) is 0 Å². The van der Waals surface area contributed by atoms with Gasteiger partial charge in [0.2, 0.25) is 0 Å². The highest BCUT2D eigenvalue weighted by molar-refractivity contribution is 6.31. The SMILES string of the molecule is CCCCNc1ncnc2c1cnn2-c1ccc(C)c(Cl)c1. The van der Waals surface area contributed by atoms with E-state index in [-0.39, 0.29) is 0 Å². The summed E-state index contributed by atoms with van der Waals surface area (Å²) < 4.78 is 1.79. The highest BCUT2D eigenvalue weighted by Crippen LogP contribution is 2.24. The molecule has 0 unspecified atom stereocenters. The molecule has 0 atom stereocenters. The van der Waals surface area contributed by atoms with Crippen LogP contribution in [-0.4, -0.2) is 26.3 Å². The van der Waals surface area contributed by atoms with E-state index in [1.54, 1.807) is 17.2 Å². The molecule has 0 fully saturated rings. The third kappa shape index (κ3) is 2.76. The lowest BCUT2D eigenvalue weighted by Gasteiger charge is -2.07. The minimum atomic E-state index is 0.719. The number of fused-ring (bicyclic) bond motifs is 1. The second-order valence-corrected chi connectivity index (χ2v) is 5.64. The number of hydrogen-bond acceptors (Lipinski definition) is 4. The molecule has 3 aromatic rings. The molecule has 2 aromatic heterocycles. The van der Waals surface area contributed by atoms with Gasteiger partial charge < -0.3 is 5.32 Å². The van der Waals surface area contributed by atoms with E-state index in [1.807, 2.05) is 25.1 Å². The van der Waals surface area contributed by atoms with Crippen molar-refractivity contribution >= 4 is 28.5 Å². The Kier molecular flexibility index (Phi) is 4.24. The van der Waals surface area contributed by atoms with Crippen molar-refractivity contribution in [2.75, 3.05) is 11.9 Å². The first-order chi connectivity index (χ1) is 10.7. The van der Waals surface area contributed by atoms with Crippen LogP contribution in [0.2, 0.25) is 5.02 Å².